The molecule has 86 valence electrons. The van der Waals surface area contributed by atoms with Crippen molar-refractivity contribution >= 4 is 26.2 Å². The van der Waals surface area contributed by atoms with Gasteiger partial charge in [-0.05, 0) is 18.2 Å². The van der Waals surface area contributed by atoms with Gasteiger partial charge in [0, 0.05) is 0 Å². The summed E-state index contributed by atoms with van der Waals surface area (Å²) in [5.41, 5.74) is -0.376. The highest BCUT2D eigenvalue weighted by Gasteiger charge is 2.33. The zero-order chi connectivity index (χ0) is 12.1. The van der Waals surface area contributed by atoms with Crippen LogP contribution in [0.3, 0.4) is 0 Å². The first-order chi connectivity index (χ1) is 7.22. The van der Waals surface area contributed by atoms with Crippen molar-refractivity contribution in [2.24, 2.45) is 0 Å². The second-order valence-corrected chi connectivity index (χ2v) is 6.03. The monoisotopic (exact) mass is 265 g/mol. The number of carbonyl (C=O) groups is 1. The van der Waals surface area contributed by atoms with Gasteiger partial charge in [-0.25, -0.2) is 13.1 Å². The summed E-state index contributed by atoms with van der Waals surface area (Å²) in [6.07, 6.45) is 0. The molecule has 0 fully saturated rings. The lowest BCUT2D eigenvalue weighted by Gasteiger charge is -1.97. The van der Waals surface area contributed by atoms with E-state index in [1.165, 1.54) is 0 Å². The van der Waals surface area contributed by atoms with Gasteiger partial charge < -0.3 is 0 Å². The molecule has 6 nitrogen and oxygen atoms in total. The lowest BCUT2D eigenvalue weighted by atomic mass is 10.2. The van der Waals surface area contributed by atoms with E-state index in [0.717, 1.165) is 12.1 Å². The van der Waals surface area contributed by atoms with E-state index in [4.69, 9.17) is 0 Å². The second kappa shape index (κ2) is 3.01. The van der Waals surface area contributed by atoms with Gasteiger partial charge in [0.05, 0.1) is 10.5 Å². The summed E-state index contributed by atoms with van der Waals surface area (Å²) < 4.78 is 57.9. The highest BCUT2D eigenvalue weighted by molar-refractivity contribution is 7.90. The number of rotatable bonds is 1. The molecule has 0 saturated heterocycles. The largest absolute Gasteiger partial charge is 0.332 e. The summed E-state index contributed by atoms with van der Waals surface area (Å²) in [4.78, 5) is 10.0. The van der Waals surface area contributed by atoms with Crippen LogP contribution < -0.4 is 4.72 Å². The number of amides is 1. The molecular weight excluding hydrogens is 261 g/mol. The van der Waals surface area contributed by atoms with Crippen molar-refractivity contribution in [1.29, 1.82) is 0 Å². The minimum atomic E-state index is -4.96. The molecule has 0 bridgehead atoms. The van der Waals surface area contributed by atoms with E-state index < -0.39 is 31.0 Å². The Hall–Kier alpha value is -1.48. The average molecular weight is 265 g/mol. The van der Waals surface area contributed by atoms with Crippen LogP contribution in [0.15, 0.2) is 28.0 Å². The number of nitrogens with one attached hydrogen (secondary N) is 1. The molecule has 0 saturated carbocycles. The van der Waals surface area contributed by atoms with Gasteiger partial charge in [-0.15, -0.1) is 3.89 Å². The molecule has 1 heterocycles. The van der Waals surface area contributed by atoms with Crippen LogP contribution in [0.25, 0.3) is 0 Å². The Morgan fingerprint density at radius 2 is 1.88 bits per heavy atom. The first-order valence-electron chi connectivity index (χ1n) is 3.88. The van der Waals surface area contributed by atoms with Crippen molar-refractivity contribution in [2.45, 2.75) is 9.79 Å². The normalized spacial score (nSPS) is 17.9. The molecule has 0 aliphatic carbocycles. The van der Waals surface area contributed by atoms with E-state index in [0.29, 0.717) is 6.07 Å². The highest BCUT2D eigenvalue weighted by atomic mass is 32.3. The minimum Gasteiger partial charge on any atom is -0.268 e. The van der Waals surface area contributed by atoms with Gasteiger partial charge in [-0.2, -0.15) is 8.42 Å². The predicted octanol–water partition coefficient (Wildman–Crippen LogP) is -0.223. The molecule has 2 rings (SSSR count). The summed E-state index contributed by atoms with van der Waals surface area (Å²) in [6.45, 7) is 0. The van der Waals surface area contributed by atoms with Crippen molar-refractivity contribution < 1.29 is 25.5 Å². The third kappa shape index (κ3) is 1.57. The van der Waals surface area contributed by atoms with Crippen LogP contribution in [0.5, 0.6) is 0 Å². The Kier molecular flexibility index (Phi) is 2.08. The standard InChI is InChI=1S/C7H4FNO5S2/c8-15(11,12)4-1-2-6-5(3-4)7(10)9-16(6,13)14/h1-3H,(H,9,10). The third-order valence-electron chi connectivity index (χ3n) is 1.99. The van der Waals surface area contributed by atoms with Crippen molar-refractivity contribution in [3.8, 4) is 0 Å². The fourth-order valence-corrected chi connectivity index (χ4v) is 2.95. The van der Waals surface area contributed by atoms with E-state index >= 15 is 0 Å². The first-order valence-corrected chi connectivity index (χ1v) is 6.74. The maximum atomic E-state index is 12.6. The molecule has 0 unspecified atom stereocenters. The summed E-state index contributed by atoms with van der Waals surface area (Å²) in [5.74, 6) is -0.972. The summed E-state index contributed by atoms with van der Waals surface area (Å²) in [7, 11) is -8.89. The zero-order valence-electron chi connectivity index (χ0n) is 7.47. The van der Waals surface area contributed by atoms with Gasteiger partial charge in [0.25, 0.3) is 15.9 Å². The predicted molar refractivity (Wildman–Crippen MR) is 49.4 cm³/mol. The molecule has 1 N–H and O–H groups in total. The zero-order valence-corrected chi connectivity index (χ0v) is 9.10. The van der Waals surface area contributed by atoms with Gasteiger partial charge in [-0.3, -0.25) is 4.79 Å². The van der Waals surface area contributed by atoms with Crippen molar-refractivity contribution in [2.75, 3.05) is 0 Å². The Labute approximate surface area is 90.3 Å². The summed E-state index contributed by atoms with van der Waals surface area (Å²) in [5, 5.41) is 0. The fourth-order valence-electron chi connectivity index (χ4n) is 1.30. The molecule has 1 aliphatic heterocycles. The van der Waals surface area contributed by atoms with E-state index in [9.17, 15) is 25.5 Å². The van der Waals surface area contributed by atoms with E-state index in [1.807, 2.05) is 0 Å². The first kappa shape index (κ1) is 11.0. The molecule has 1 amide bonds. The Morgan fingerprint density at radius 3 is 2.44 bits per heavy atom. The van der Waals surface area contributed by atoms with Gasteiger partial charge in [0.15, 0.2) is 0 Å². The molecule has 1 aliphatic rings. The van der Waals surface area contributed by atoms with E-state index in [2.05, 4.69) is 0 Å². The molecule has 0 aromatic heterocycles. The second-order valence-electron chi connectivity index (χ2n) is 3.03. The SMILES string of the molecule is O=C1NS(=O)(=O)c2ccc(S(=O)(=O)F)cc21. The number of hydrogen-bond acceptors (Lipinski definition) is 5. The van der Waals surface area contributed by atoms with Crippen LogP contribution >= 0.6 is 0 Å². The van der Waals surface area contributed by atoms with E-state index in [1.54, 1.807) is 4.72 Å². The number of halogens is 1. The number of carbonyl (C=O) groups excluding carboxylic acids is 1. The van der Waals surface area contributed by atoms with Crippen LogP contribution in [0.2, 0.25) is 0 Å². The Balaban J connectivity index is 2.76. The van der Waals surface area contributed by atoms with Crippen molar-refractivity contribution in [3.63, 3.8) is 0 Å². The number of benzene rings is 1. The maximum Gasteiger partial charge on any atom is 0.332 e. The topological polar surface area (TPSA) is 97.4 Å². The van der Waals surface area contributed by atoms with Crippen LogP contribution in [-0.4, -0.2) is 22.7 Å². The molecule has 0 spiro atoms. The smallest absolute Gasteiger partial charge is 0.268 e. The van der Waals surface area contributed by atoms with Gasteiger partial charge in [-0.1, -0.05) is 0 Å². The third-order valence-corrected chi connectivity index (χ3v) is 4.20. The Morgan fingerprint density at radius 1 is 1.25 bits per heavy atom. The lowest BCUT2D eigenvalue weighted by molar-refractivity contribution is 0.0985. The highest BCUT2D eigenvalue weighted by Crippen LogP contribution is 2.25. The number of sulfonamides is 1. The summed E-state index contributed by atoms with van der Waals surface area (Å²) >= 11 is 0. The number of hydrogen-bond donors (Lipinski definition) is 1. The van der Waals surface area contributed by atoms with Crippen molar-refractivity contribution in [1.82, 2.24) is 4.72 Å². The number of fused-ring (bicyclic) bond motifs is 1. The average Bonchev–Trinajstić information content (AvgIpc) is 2.36. The molecule has 0 atom stereocenters. The molecule has 16 heavy (non-hydrogen) atoms. The fraction of sp³-hybridized carbons (Fsp3) is 0. The summed E-state index contributed by atoms with van der Waals surface area (Å²) in [6, 6.07) is 2.34. The molecule has 1 aromatic carbocycles. The van der Waals surface area contributed by atoms with Crippen LogP contribution in [-0.2, 0) is 20.2 Å². The molecule has 1 aromatic rings. The molecule has 0 radical (unpaired) electrons. The van der Waals surface area contributed by atoms with Crippen molar-refractivity contribution in [3.05, 3.63) is 23.8 Å². The molecule has 9 heteroatoms. The Bertz CT molecular complexity index is 691. The van der Waals surface area contributed by atoms with Crippen LogP contribution in [0, 0.1) is 0 Å². The van der Waals surface area contributed by atoms with Gasteiger partial charge in [0.2, 0.25) is 0 Å². The minimum absolute atomic E-state index is 0.357. The molecular formula is C7H4FNO5S2. The quantitative estimate of drug-likeness (QED) is 0.708. The van der Waals surface area contributed by atoms with Gasteiger partial charge in [0.1, 0.15) is 4.90 Å². The van der Waals surface area contributed by atoms with Gasteiger partial charge >= 0.3 is 10.2 Å². The lowest BCUT2D eigenvalue weighted by Crippen LogP contribution is -2.20. The van der Waals surface area contributed by atoms with Crippen LogP contribution in [0.1, 0.15) is 10.4 Å². The van der Waals surface area contributed by atoms with E-state index in [-0.39, 0.29) is 10.5 Å². The maximum absolute atomic E-state index is 12.6. The van der Waals surface area contributed by atoms with Crippen LogP contribution in [0.4, 0.5) is 3.89 Å².